The van der Waals surface area contributed by atoms with Crippen molar-refractivity contribution in [3.05, 3.63) is 29.6 Å². The molecule has 2 fully saturated rings. The lowest BCUT2D eigenvalue weighted by Gasteiger charge is -2.30. The highest BCUT2D eigenvalue weighted by molar-refractivity contribution is 5.14. The number of hydrogen-bond donors (Lipinski definition) is 1. The molecule has 4 heteroatoms. The van der Waals surface area contributed by atoms with Crippen LogP contribution in [0.15, 0.2) is 18.3 Å². The number of hydrogen-bond acceptors (Lipinski definition) is 4. The molecule has 19 heavy (non-hydrogen) atoms. The third-order valence-corrected chi connectivity index (χ3v) is 3.77. The zero-order chi connectivity index (χ0) is 13.1. The van der Waals surface area contributed by atoms with E-state index < -0.39 is 0 Å². The number of nitrogens with zero attached hydrogens (tertiary/aromatic N) is 2. The molecule has 0 aromatic carbocycles. The Morgan fingerprint density at radius 1 is 1.42 bits per heavy atom. The first-order chi connectivity index (χ1) is 9.29. The summed E-state index contributed by atoms with van der Waals surface area (Å²) in [6.45, 7) is 6.87. The minimum atomic E-state index is 0.343. The molecule has 2 heterocycles. The second-order valence-electron chi connectivity index (χ2n) is 5.73. The fourth-order valence-corrected chi connectivity index (χ4v) is 2.47. The summed E-state index contributed by atoms with van der Waals surface area (Å²) in [4.78, 5) is 6.99. The molecule has 3 rings (SSSR count). The molecule has 1 N–H and O–H groups in total. The number of aromatic nitrogens is 1. The van der Waals surface area contributed by atoms with Gasteiger partial charge in [0.2, 0.25) is 0 Å². The molecule has 1 unspecified atom stereocenters. The quantitative estimate of drug-likeness (QED) is 0.873. The summed E-state index contributed by atoms with van der Waals surface area (Å²) < 4.78 is 5.55. The normalized spacial score (nSPS) is 24.6. The van der Waals surface area contributed by atoms with Gasteiger partial charge in [-0.15, -0.1) is 0 Å². The number of morpholine rings is 1. The molecule has 1 saturated heterocycles. The molecule has 0 amide bonds. The Labute approximate surface area is 115 Å². The maximum absolute atomic E-state index is 5.55. The second kappa shape index (κ2) is 5.99. The van der Waals surface area contributed by atoms with Gasteiger partial charge in [-0.3, -0.25) is 9.88 Å². The molecule has 104 valence electrons. The SMILES string of the molecule is CC1CN(Cc2ccc(CNC3CC3)cn2)CCO1. The van der Waals surface area contributed by atoms with Crippen LogP contribution in [0.2, 0.25) is 0 Å². The fourth-order valence-electron chi connectivity index (χ4n) is 2.47. The molecule has 1 aromatic heterocycles. The van der Waals surface area contributed by atoms with Crippen molar-refractivity contribution in [1.82, 2.24) is 15.2 Å². The third kappa shape index (κ3) is 4.00. The monoisotopic (exact) mass is 261 g/mol. The zero-order valence-electron chi connectivity index (χ0n) is 11.6. The van der Waals surface area contributed by atoms with Crippen LogP contribution in [-0.2, 0) is 17.8 Å². The van der Waals surface area contributed by atoms with Gasteiger partial charge in [0.15, 0.2) is 0 Å². The van der Waals surface area contributed by atoms with Crippen molar-refractivity contribution in [2.75, 3.05) is 19.7 Å². The van der Waals surface area contributed by atoms with Crippen molar-refractivity contribution >= 4 is 0 Å². The van der Waals surface area contributed by atoms with E-state index in [-0.39, 0.29) is 0 Å². The Morgan fingerprint density at radius 2 is 2.32 bits per heavy atom. The van der Waals surface area contributed by atoms with Crippen LogP contribution in [-0.4, -0.2) is 41.7 Å². The lowest BCUT2D eigenvalue weighted by molar-refractivity contribution is -0.0215. The number of nitrogens with one attached hydrogen (secondary N) is 1. The van der Waals surface area contributed by atoms with Crippen LogP contribution in [0.5, 0.6) is 0 Å². The molecule has 0 radical (unpaired) electrons. The van der Waals surface area contributed by atoms with Crippen molar-refractivity contribution < 1.29 is 4.74 Å². The van der Waals surface area contributed by atoms with Crippen LogP contribution in [0.4, 0.5) is 0 Å². The van der Waals surface area contributed by atoms with E-state index in [4.69, 9.17) is 4.74 Å². The van der Waals surface area contributed by atoms with Gasteiger partial charge in [-0.25, -0.2) is 0 Å². The maximum Gasteiger partial charge on any atom is 0.0674 e. The number of ether oxygens (including phenoxy) is 1. The molecule has 1 aliphatic heterocycles. The summed E-state index contributed by atoms with van der Waals surface area (Å²) >= 11 is 0. The van der Waals surface area contributed by atoms with E-state index in [9.17, 15) is 0 Å². The highest BCUT2D eigenvalue weighted by Gasteiger charge is 2.20. The van der Waals surface area contributed by atoms with Crippen molar-refractivity contribution in [2.24, 2.45) is 0 Å². The first-order valence-electron chi connectivity index (χ1n) is 7.31. The predicted octanol–water partition coefficient (Wildman–Crippen LogP) is 1.55. The zero-order valence-corrected chi connectivity index (χ0v) is 11.6. The van der Waals surface area contributed by atoms with Crippen molar-refractivity contribution in [3.63, 3.8) is 0 Å². The van der Waals surface area contributed by atoms with Gasteiger partial charge in [-0.2, -0.15) is 0 Å². The van der Waals surface area contributed by atoms with Crippen molar-refractivity contribution in [3.8, 4) is 0 Å². The van der Waals surface area contributed by atoms with Gasteiger partial charge >= 0.3 is 0 Å². The molecular formula is C15H23N3O. The lowest BCUT2D eigenvalue weighted by atomic mass is 10.2. The highest BCUT2D eigenvalue weighted by Crippen LogP contribution is 2.19. The molecule has 1 aliphatic carbocycles. The van der Waals surface area contributed by atoms with Gasteiger partial charge in [0.05, 0.1) is 18.4 Å². The second-order valence-corrected chi connectivity index (χ2v) is 5.73. The van der Waals surface area contributed by atoms with Crippen LogP contribution >= 0.6 is 0 Å². The number of pyridine rings is 1. The molecule has 1 aromatic rings. The minimum Gasteiger partial charge on any atom is -0.376 e. The fraction of sp³-hybridized carbons (Fsp3) is 0.667. The van der Waals surface area contributed by atoms with E-state index in [1.807, 2.05) is 6.20 Å². The summed E-state index contributed by atoms with van der Waals surface area (Å²) in [6, 6.07) is 5.11. The van der Waals surface area contributed by atoms with Gasteiger partial charge < -0.3 is 10.1 Å². The van der Waals surface area contributed by atoms with Crippen molar-refractivity contribution in [1.29, 1.82) is 0 Å². The average Bonchev–Trinajstić information content (AvgIpc) is 3.22. The standard InChI is InChI=1S/C15H23N3O/c1-12-10-18(6-7-19-12)11-15-3-2-13(9-17-15)8-16-14-4-5-14/h2-3,9,12,14,16H,4-8,10-11H2,1H3. The highest BCUT2D eigenvalue weighted by atomic mass is 16.5. The first kappa shape index (κ1) is 13.0. The minimum absolute atomic E-state index is 0.343. The van der Waals surface area contributed by atoms with Gasteiger partial charge in [0.25, 0.3) is 0 Å². The maximum atomic E-state index is 5.55. The number of rotatable bonds is 5. The molecule has 0 spiro atoms. The predicted molar refractivity (Wildman–Crippen MR) is 74.8 cm³/mol. The average molecular weight is 261 g/mol. The molecule has 4 nitrogen and oxygen atoms in total. The Morgan fingerprint density at radius 3 is 3.00 bits per heavy atom. The third-order valence-electron chi connectivity index (χ3n) is 3.77. The van der Waals surface area contributed by atoms with Crippen LogP contribution in [0.1, 0.15) is 31.0 Å². The van der Waals surface area contributed by atoms with Gasteiger partial charge in [0, 0.05) is 38.4 Å². The molecule has 0 bridgehead atoms. The van der Waals surface area contributed by atoms with E-state index in [1.54, 1.807) is 0 Å². The van der Waals surface area contributed by atoms with E-state index in [2.05, 4.69) is 34.3 Å². The lowest BCUT2D eigenvalue weighted by Crippen LogP contribution is -2.40. The van der Waals surface area contributed by atoms with Crippen LogP contribution in [0, 0.1) is 0 Å². The van der Waals surface area contributed by atoms with Gasteiger partial charge in [-0.05, 0) is 31.4 Å². The van der Waals surface area contributed by atoms with E-state index in [0.717, 1.165) is 44.5 Å². The summed E-state index contributed by atoms with van der Waals surface area (Å²) in [7, 11) is 0. The Kier molecular flexibility index (Phi) is 4.11. The molecule has 1 atom stereocenters. The van der Waals surface area contributed by atoms with Crippen LogP contribution in [0.25, 0.3) is 0 Å². The summed E-state index contributed by atoms with van der Waals surface area (Å²) in [5.74, 6) is 0. The Bertz CT molecular complexity index is 402. The first-order valence-corrected chi connectivity index (χ1v) is 7.31. The van der Waals surface area contributed by atoms with Gasteiger partial charge in [-0.1, -0.05) is 6.07 Å². The molecule has 2 aliphatic rings. The Balaban J connectivity index is 1.50. The smallest absolute Gasteiger partial charge is 0.0674 e. The van der Waals surface area contributed by atoms with Crippen LogP contribution < -0.4 is 5.32 Å². The van der Waals surface area contributed by atoms with E-state index >= 15 is 0 Å². The molecular weight excluding hydrogens is 238 g/mol. The topological polar surface area (TPSA) is 37.4 Å². The van der Waals surface area contributed by atoms with Gasteiger partial charge in [0.1, 0.15) is 0 Å². The summed E-state index contributed by atoms with van der Waals surface area (Å²) in [6.07, 6.45) is 5.02. The molecule has 1 saturated carbocycles. The largest absolute Gasteiger partial charge is 0.376 e. The summed E-state index contributed by atoms with van der Waals surface area (Å²) in [5.41, 5.74) is 2.44. The van der Waals surface area contributed by atoms with E-state index in [1.165, 1.54) is 18.4 Å². The van der Waals surface area contributed by atoms with Crippen LogP contribution in [0.3, 0.4) is 0 Å². The summed E-state index contributed by atoms with van der Waals surface area (Å²) in [5, 5.41) is 3.51. The van der Waals surface area contributed by atoms with E-state index in [0.29, 0.717) is 6.10 Å². The Hall–Kier alpha value is -0.970. The van der Waals surface area contributed by atoms with Crippen molar-refractivity contribution in [2.45, 2.75) is 45.0 Å².